The summed E-state index contributed by atoms with van der Waals surface area (Å²) in [5.74, 6) is 0.788. The van der Waals surface area contributed by atoms with Crippen LogP contribution in [0.5, 0.6) is 5.75 Å². The van der Waals surface area contributed by atoms with E-state index in [9.17, 15) is 4.79 Å². The van der Waals surface area contributed by atoms with Crippen molar-refractivity contribution >= 4 is 5.91 Å². The summed E-state index contributed by atoms with van der Waals surface area (Å²) >= 11 is 0. The van der Waals surface area contributed by atoms with Crippen molar-refractivity contribution in [2.24, 2.45) is 0 Å². The molecule has 21 heavy (non-hydrogen) atoms. The van der Waals surface area contributed by atoms with E-state index < -0.39 is 0 Å². The zero-order valence-electron chi connectivity index (χ0n) is 12.3. The number of hydrogen-bond acceptors (Lipinski definition) is 3. The van der Waals surface area contributed by atoms with Crippen LogP contribution in [-0.2, 0) is 0 Å². The van der Waals surface area contributed by atoms with E-state index in [4.69, 9.17) is 9.84 Å². The van der Waals surface area contributed by atoms with Crippen molar-refractivity contribution in [2.75, 3.05) is 13.2 Å². The molecule has 1 amide bonds. The smallest absolute Gasteiger partial charge is 0.254 e. The zero-order chi connectivity index (χ0) is 14.7. The second-order valence-corrected chi connectivity index (χ2v) is 6.01. The average molecular weight is 289 g/mol. The molecule has 0 saturated heterocycles. The summed E-state index contributed by atoms with van der Waals surface area (Å²) in [5.41, 5.74) is 0.658. The van der Waals surface area contributed by atoms with Gasteiger partial charge in [-0.15, -0.1) is 0 Å². The molecule has 0 aliphatic heterocycles. The van der Waals surface area contributed by atoms with Gasteiger partial charge in [0.25, 0.3) is 5.91 Å². The molecule has 0 atom stereocenters. The summed E-state index contributed by atoms with van der Waals surface area (Å²) in [5, 5.41) is 9.13. The van der Waals surface area contributed by atoms with Crippen LogP contribution in [-0.4, -0.2) is 41.2 Å². The number of carbonyl (C=O) groups excluding carboxylic acids is 1. The Morgan fingerprint density at radius 2 is 2.00 bits per heavy atom. The van der Waals surface area contributed by atoms with Gasteiger partial charge in [-0.2, -0.15) is 0 Å². The maximum atomic E-state index is 12.6. The first-order valence-electron chi connectivity index (χ1n) is 7.96. The maximum Gasteiger partial charge on any atom is 0.254 e. The second-order valence-electron chi connectivity index (χ2n) is 6.01. The third-order valence-corrected chi connectivity index (χ3v) is 4.28. The Balaban J connectivity index is 1.70. The Hall–Kier alpha value is -1.55. The van der Waals surface area contributed by atoms with Gasteiger partial charge < -0.3 is 14.7 Å². The fourth-order valence-corrected chi connectivity index (χ4v) is 3.01. The van der Waals surface area contributed by atoms with Gasteiger partial charge >= 0.3 is 0 Å². The van der Waals surface area contributed by atoms with E-state index in [0.717, 1.165) is 31.4 Å². The number of amides is 1. The first-order chi connectivity index (χ1) is 10.3. The molecular weight excluding hydrogens is 266 g/mol. The van der Waals surface area contributed by atoms with E-state index in [0.29, 0.717) is 24.3 Å². The van der Waals surface area contributed by atoms with Crippen LogP contribution in [0.15, 0.2) is 24.3 Å². The molecule has 0 spiro atoms. The van der Waals surface area contributed by atoms with Crippen molar-refractivity contribution < 1.29 is 14.6 Å². The Labute approximate surface area is 125 Å². The highest BCUT2D eigenvalue weighted by atomic mass is 16.5. The molecule has 4 nitrogen and oxygen atoms in total. The molecule has 0 unspecified atom stereocenters. The van der Waals surface area contributed by atoms with Crippen molar-refractivity contribution in [3.63, 3.8) is 0 Å². The normalized spacial score (nSPS) is 18.7. The molecule has 2 aliphatic rings. The maximum absolute atomic E-state index is 12.6. The van der Waals surface area contributed by atoms with Crippen LogP contribution < -0.4 is 4.74 Å². The molecule has 0 radical (unpaired) electrons. The van der Waals surface area contributed by atoms with E-state index in [1.165, 1.54) is 12.8 Å². The number of rotatable bonds is 6. The Morgan fingerprint density at radius 1 is 1.24 bits per heavy atom. The van der Waals surface area contributed by atoms with Gasteiger partial charge in [-0.25, -0.2) is 0 Å². The number of nitrogens with zero attached hydrogens (tertiary/aromatic N) is 1. The molecule has 2 saturated carbocycles. The van der Waals surface area contributed by atoms with Crippen LogP contribution in [0, 0.1) is 0 Å². The predicted molar refractivity (Wildman–Crippen MR) is 80.5 cm³/mol. The zero-order valence-corrected chi connectivity index (χ0v) is 12.3. The summed E-state index contributed by atoms with van der Waals surface area (Å²) in [6.07, 6.45) is 7.07. The molecule has 0 bridgehead atoms. The molecule has 1 aromatic rings. The molecule has 4 heteroatoms. The minimum absolute atomic E-state index is 0.00317. The fraction of sp³-hybridized carbons (Fsp3) is 0.588. The first-order valence-corrected chi connectivity index (χ1v) is 7.96. The van der Waals surface area contributed by atoms with Gasteiger partial charge in [0.05, 0.1) is 12.7 Å². The monoisotopic (exact) mass is 289 g/mol. The van der Waals surface area contributed by atoms with Gasteiger partial charge in [0, 0.05) is 18.2 Å². The van der Waals surface area contributed by atoms with Gasteiger partial charge in [-0.05, 0) is 56.7 Å². The van der Waals surface area contributed by atoms with Crippen molar-refractivity contribution in [1.29, 1.82) is 0 Å². The van der Waals surface area contributed by atoms with Crippen LogP contribution >= 0.6 is 0 Å². The second kappa shape index (κ2) is 6.48. The van der Waals surface area contributed by atoms with Crippen LogP contribution in [0.3, 0.4) is 0 Å². The van der Waals surface area contributed by atoms with Gasteiger partial charge in [-0.3, -0.25) is 4.79 Å². The standard InChI is InChI=1S/C17H23NO3/c19-11-10-18(14-8-9-14)17(20)13-4-3-7-16(12-13)21-15-5-1-2-6-15/h3-4,7,12,14-15,19H,1-2,5-6,8-11H2. The van der Waals surface area contributed by atoms with E-state index in [1.54, 1.807) is 4.90 Å². The van der Waals surface area contributed by atoms with Gasteiger partial charge in [-0.1, -0.05) is 6.07 Å². The lowest BCUT2D eigenvalue weighted by Gasteiger charge is -2.22. The Morgan fingerprint density at radius 3 is 2.67 bits per heavy atom. The number of aliphatic hydroxyl groups is 1. The topological polar surface area (TPSA) is 49.8 Å². The lowest BCUT2D eigenvalue weighted by Crippen LogP contribution is -2.35. The van der Waals surface area contributed by atoms with E-state index in [1.807, 2.05) is 24.3 Å². The molecule has 3 rings (SSSR count). The quantitative estimate of drug-likeness (QED) is 0.875. The van der Waals surface area contributed by atoms with Crippen molar-refractivity contribution in [1.82, 2.24) is 4.90 Å². The van der Waals surface area contributed by atoms with Crippen molar-refractivity contribution in [3.05, 3.63) is 29.8 Å². The summed E-state index contributed by atoms with van der Waals surface area (Å²) in [4.78, 5) is 14.4. The molecule has 0 heterocycles. The fourth-order valence-electron chi connectivity index (χ4n) is 3.01. The lowest BCUT2D eigenvalue weighted by molar-refractivity contribution is 0.0707. The largest absolute Gasteiger partial charge is 0.490 e. The molecular formula is C17H23NO3. The molecule has 114 valence electrons. The third kappa shape index (κ3) is 3.56. The molecule has 2 aliphatic carbocycles. The van der Waals surface area contributed by atoms with Gasteiger partial charge in [0.2, 0.25) is 0 Å². The van der Waals surface area contributed by atoms with Crippen molar-refractivity contribution in [3.8, 4) is 5.75 Å². The van der Waals surface area contributed by atoms with Gasteiger partial charge in [0.1, 0.15) is 5.75 Å². The molecule has 1 N–H and O–H groups in total. The van der Waals surface area contributed by atoms with Crippen LogP contribution in [0.4, 0.5) is 0 Å². The molecule has 1 aromatic carbocycles. The van der Waals surface area contributed by atoms with Gasteiger partial charge in [0.15, 0.2) is 0 Å². The van der Waals surface area contributed by atoms with E-state index in [2.05, 4.69) is 0 Å². The highest BCUT2D eigenvalue weighted by Gasteiger charge is 2.32. The highest BCUT2D eigenvalue weighted by Crippen LogP contribution is 2.29. The summed E-state index contributed by atoms with van der Waals surface area (Å²) in [6.45, 7) is 0.428. The highest BCUT2D eigenvalue weighted by molar-refractivity contribution is 5.95. The third-order valence-electron chi connectivity index (χ3n) is 4.28. The lowest BCUT2D eigenvalue weighted by atomic mass is 10.1. The van der Waals surface area contributed by atoms with Crippen LogP contribution in [0.2, 0.25) is 0 Å². The van der Waals surface area contributed by atoms with Crippen LogP contribution in [0.25, 0.3) is 0 Å². The number of ether oxygens (including phenoxy) is 1. The SMILES string of the molecule is O=C(c1cccc(OC2CCCC2)c1)N(CCO)C1CC1. The number of hydrogen-bond donors (Lipinski definition) is 1. The summed E-state index contributed by atoms with van der Waals surface area (Å²) in [7, 11) is 0. The Bertz CT molecular complexity index is 493. The van der Waals surface area contributed by atoms with E-state index >= 15 is 0 Å². The average Bonchev–Trinajstić information content (AvgIpc) is 3.22. The minimum Gasteiger partial charge on any atom is -0.490 e. The minimum atomic E-state index is 0.00317. The molecule has 0 aromatic heterocycles. The summed E-state index contributed by atoms with van der Waals surface area (Å²) < 4.78 is 5.96. The van der Waals surface area contributed by atoms with Crippen molar-refractivity contribution in [2.45, 2.75) is 50.7 Å². The molecule has 2 fully saturated rings. The van der Waals surface area contributed by atoms with Crippen LogP contribution in [0.1, 0.15) is 48.9 Å². The number of carbonyl (C=O) groups is 1. The first kappa shape index (κ1) is 14.4. The Kier molecular flexibility index (Phi) is 4.44. The summed E-state index contributed by atoms with van der Waals surface area (Å²) in [6, 6.07) is 7.78. The number of benzene rings is 1. The van der Waals surface area contributed by atoms with E-state index in [-0.39, 0.29) is 12.5 Å². The predicted octanol–water partition coefficient (Wildman–Crippen LogP) is 2.60. The number of aliphatic hydroxyl groups excluding tert-OH is 1.